The van der Waals surface area contributed by atoms with Gasteiger partial charge in [0.1, 0.15) is 5.54 Å². The van der Waals surface area contributed by atoms with E-state index in [1.807, 2.05) is 13.8 Å². The summed E-state index contributed by atoms with van der Waals surface area (Å²) in [5.74, 6) is 1.48. The molecule has 116 valence electrons. The zero-order valence-electron chi connectivity index (χ0n) is 13.4. The lowest BCUT2D eigenvalue weighted by Gasteiger charge is -2.42. The lowest BCUT2D eigenvalue weighted by atomic mass is 9.70. The van der Waals surface area contributed by atoms with Gasteiger partial charge in [0.25, 0.3) is 0 Å². The molecule has 0 aromatic heterocycles. The van der Waals surface area contributed by atoms with Crippen LogP contribution in [0.5, 0.6) is 0 Å². The fourth-order valence-electron chi connectivity index (χ4n) is 4.24. The number of carbonyl (C=O) groups excluding carboxylic acids is 1. The monoisotopic (exact) mass is 281 g/mol. The number of ether oxygens (including phenoxy) is 1. The maximum atomic E-state index is 11.9. The summed E-state index contributed by atoms with van der Waals surface area (Å²) >= 11 is 0. The van der Waals surface area contributed by atoms with Crippen LogP contribution in [-0.4, -0.2) is 24.7 Å². The minimum Gasteiger partial charge on any atom is -0.468 e. The molecule has 0 spiro atoms. The van der Waals surface area contributed by atoms with Gasteiger partial charge in [0.05, 0.1) is 7.11 Å². The Morgan fingerprint density at radius 2 is 1.60 bits per heavy atom. The van der Waals surface area contributed by atoms with Crippen molar-refractivity contribution in [2.24, 2.45) is 11.8 Å². The van der Waals surface area contributed by atoms with Crippen LogP contribution < -0.4 is 5.32 Å². The van der Waals surface area contributed by atoms with Crippen molar-refractivity contribution in [2.45, 2.75) is 83.2 Å². The van der Waals surface area contributed by atoms with Crippen molar-refractivity contribution in [2.75, 3.05) is 7.11 Å². The number of rotatable bonds is 4. The highest BCUT2D eigenvalue weighted by Crippen LogP contribution is 2.39. The van der Waals surface area contributed by atoms with Crippen LogP contribution in [-0.2, 0) is 9.53 Å². The molecule has 2 fully saturated rings. The van der Waals surface area contributed by atoms with Gasteiger partial charge in [-0.1, -0.05) is 44.9 Å². The summed E-state index contributed by atoms with van der Waals surface area (Å²) in [7, 11) is 1.48. The minimum atomic E-state index is -0.566. The standard InChI is InChI=1S/C17H31NO2/c1-17(2,16(19)20-3)18-15-12-8-7-11-14(15)13-9-5-4-6-10-13/h13-15,18H,4-12H2,1-3H3. The number of carbonyl (C=O) groups is 1. The van der Waals surface area contributed by atoms with Crippen LogP contribution in [0.3, 0.4) is 0 Å². The van der Waals surface area contributed by atoms with Crippen molar-refractivity contribution in [3.05, 3.63) is 0 Å². The van der Waals surface area contributed by atoms with Gasteiger partial charge < -0.3 is 4.74 Å². The topological polar surface area (TPSA) is 38.3 Å². The maximum Gasteiger partial charge on any atom is 0.325 e. The van der Waals surface area contributed by atoms with Gasteiger partial charge in [-0.15, -0.1) is 0 Å². The first kappa shape index (κ1) is 15.8. The van der Waals surface area contributed by atoms with Gasteiger partial charge in [-0.3, -0.25) is 10.1 Å². The molecule has 0 radical (unpaired) electrons. The molecule has 0 aliphatic heterocycles. The fraction of sp³-hybridized carbons (Fsp3) is 0.941. The van der Waals surface area contributed by atoms with E-state index in [4.69, 9.17) is 4.74 Å². The van der Waals surface area contributed by atoms with E-state index in [1.54, 1.807) is 0 Å². The van der Waals surface area contributed by atoms with E-state index in [0.717, 1.165) is 11.8 Å². The summed E-state index contributed by atoms with van der Waals surface area (Å²) in [5, 5.41) is 3.62. The smallest absolute Gasteiger partial charge is 0.325 e. The largest absolute Gasteiger partial charge is 0.468 e. The molecule has 2 aliphatic carbocycles. The molecule has 3 heteroatoms. The Hall–Kier alpha value is -0.570. The predicted octanol–water partition coefficient (Wildman–Crippen LogP) is 3.67. The predicted molar refractivity (Wildman–Crippen MR) is 81.6 cm³/mol. The van der Waals surface area contributed by atoms with Crippen LogP contribution in [0.1, 0.15) is 71.6 Å². The zero-order chi connectivity index (χ0) is 14.6. The van der Waals surface area contributed by atoms with Crippen LogP contribution in [0.4, 0.5) is 0 Å². The molecule has 0 saturated heterocycles. The third-order valence-corrected chi connectivity index (χ3v) is 5.32. The molecular weight excluding hydrogens is 250 g/mol. The number of methoxy groups -OCH3 is 1. The van der Waals surface area contributed by atoms with Gasteiger partial charge >= 0.3 is 5.97 Å². The average Bonchev–Trinajstić information content (AvgIpc) is 2.47. The Kier molecular flexibility index (Phi) is 5.48. The minimum absolute atomic E-state index is 0.148. The summed E-state index contributed by atoms with van der Waals surface area (Å²) in [5.41, 5.74) is -0.566. The summed E-state index contributed by atoms with van der Waals surface area (Å²) in [4.78, 5) is 11.9. The molecule has 2 saturated carbocycles. The highest BCUT2D eigenvalue weighted by atomic mass is 16.5. The van der Waals surface area contributed by atoms with Gasteiger partial charge in [0.2, 0.25) is 0 Å². The molecule has 3 nitrogen and oxygen atoms in total. The molecule has 0 bridgehead atoms. The second-order valence-corrected chi connectivity index (χ2v) is 7.21. The molecule has 2 unspecified atom stereocenters. The Morgan fingerprint density at radius 1 is 1.00 bits per heavy atom. The number of hydrogen-bond donors (Lipinski definition) is 1. The van der Waals surface area contributed by atoms with E-state index in [2.05, 4.69) is 5.32 Å². The molecule has 0 heterocycles. The normalized spacial score (nSPS) is 29.1. The van der Waals surface area contributed by atoms with Gasteiger partial charge in [-0.2, -0.15) is 0 Å². The van der Waals surface area contributed by atoms with E-state index >= 15 is 0 Å². The first-order chi connectivity index (χ1) is 9.54. The summed E-state index contributed by atoms with van der Waals surface area (Å²) in [6.07, 6.45) is 12.2. The van der Waals surface area contributed by atoms with Crippen molar-refractivity contribution < 1.29 is 9.53 Å². The van der Waals surface area contributed by atoms with Gasteiger partial charge in [0.15, 0.2) is 0 Å². The highest BCUT2D eigenvalue weighted by Gasteiger charge is 2.38. The lowest BCUT2D eigenvalue weighted by Crippen LogP contribution is -2.56. The van der Waals surface area contributed by atoms with Gasteiger partial charge in [-0.25, -0.2) is 0 Å². The summed E-state index contributed by atoms with van der Waals surface area (Å²) in [6.45, 7) is 3.90. The van der Waals surface area contributed by atoms with E-state index < -0.39 is 5.54 Å². The van der Waals surface area contributed by atoms with Crippen LogP contribution in [0.2, 0.25) is 0 Å². The fourth-order valence-corrected chi connectivity index (χ4v) is 4.24. The molecule has 0 aromatic carbocycles. The summed E-state index contributed by atoms with van der Waals surface area (Å²) in [6, 6.07) is 0.487. The van der Waals surface area contributed by atoms with E-state index in [0.29, 0.717) is 6.04 Å². The molecule has 2 atom stereocenters. The maximum absolute atomic E-state index is 11.9. The van der Waals surface area contributed by atoms with Crippen molar-refractivity contribution in [3.8, 4) is 0 Å². The van der Waals surface area contributed by atoms with E-state index in [-0.39, 0.29) is 5.97 Å². The van der Waals surface area contributed by atoms with Crippen molar-refractivity contribution >= 4 is 5.97 Å². The molecule has 0 amide bonds. The third-order valence-electron chi connectivity index (χ3n) is 5.32. The Bertz CT molecular complexity index is 321. The van der Waals surface area contributed by atoms with E-state index in [9.17, 15) is 4.79 Å². The molecule has 0 aromatic rings. The molecule has 2 aliphatic rings. The molecule has 2 rings (SSSR count). The second-order valence-electron chi connectivity index (χ2n) is 7.21. The molecule has 20 heavy (non-hydrogen) atoms. The first-order valence-electron chi connectivity index (χ1n) is 8.40. The Balaban J connectivity index is 2.01. The first-order valence-corrected chi connectivity index (χ1v) is 8.40. The second kappa shape index (κ2) is 6.93. The average molecular weight is 281 g/mol. The van der Waals surface area contributed by atoms with Crippen LogP contribution in [0, 0.1) is 11.8 Å². The Morgan fingerprint density at radius 3 is 2.25 bits per heavy atom. The highest BCUT2D eigenvalue weighted by molar-refractivity contribution is 5.79. The third kappa shape index (κ3) is 3.75. The molecular formula is C17H31NO2. The molecule has 1 N–H and O–H groups in total. The lowest BCUT2D eigenvalue weighted by molar-refractivity contribution is -0.147. The van der Waals surface area contributed by atoms with Crippen LogP contribution >= 0.6 is 0 Å². The zero-order valence-corrected chi connectivity index (χ0v) is 13.4. The SMILES string of the molecule is COC(=O)C(C)(C)NC1CCCCC1C1CCCCC1. The van der Waals surface area contributed by atoms with Gasteiger partial charge in [-0.05, 0) is 38.5 Å². The van der Waals surface area contributed by atoms with Crippen molar-refractivity contribution in [3.63, 3.8) is 0 Å². The van der Waals surface area contributed by atoms with Crippen molar-refractivity contribution in [1.29, 1.82) is 0 Å². The van der Waals surface area contributed by atoms with Crippen molar-refractivity contribution in [1.82, 2.24) is 5.32 Å². The number of nitrogens with one attached hydrogen (secondary N) is 1. The van der Waals surface area contributed by atoms with E-state index in [1.165, 1.54) is 64.9 Å². The van der Waals surface area contributed by atoms with Gasteiger partial charge in [0, 0.05) is 6.04 Å². The quantitative estimate of drug-likeness (QED) is 0.799. The number of esters is 1. The Labute approximate surface area is 123 Å². The summed E-state index contributed by atoms with van der Waals surface area (Å²) < 4.78 is 4.94. The van der Waals surface area contributed by atoms with Crippen LogP contribution in [0.15, 0.2) is 0 Å². The van der Waals surface area contributed by atoms with Crippen LogP contribution in [0.25, 0.3) is 0 Å². The number of hydrogen-bond acceptors (Lipinski definition) is 3.